The second-order valence-corrected chi connectivity index (χ2v) is 4.01. The highest BCUT2D eigenvalue weighted by Gasteiger charge is 2.12. The SMILES string of the molecule is CC(N)C(=O)NC(C)c1ccc(Cl)cc1.Cl. The van der Waals surface area contributed by atoms with Crippen LogP contribution in [0.1, 0.15) is 25.5 Å². The van der Waals surface area contributed by atoms with Crippen molar-refractivity contribution in [3.63, 3.8) is 0 Å². The molecule has 0 aliphatic heterocycles. The standard InChI is InChI=1S/C11H15ClN2O.ClH/c1-7(13)11(15)14-8(2)9-3-5-10(12)6-4-9;/h3-8H,13H2,1-2H3,(H,14,15);1H. The van der Waals surface area contributed by atoms with E-state index >= 15 is 0 Å². The predicted molar refractivity (Wildman–Crippen MR) is 68.9 cm³/mol. The van der Waals surface area contributed by atoms with E-state index in [0.29, 0.717) is 5.02 Å². The Labute approximate surface area is 107 Å². The van der Waals surface area contributed by atoms with Crippen LogP contribution in [0.4, 0.5) is 0 Å². The number of halogens is 2. The molecule has 0 saturated heterocycles. The molecule has 2 atom stereocenters. The van der Waals surface area contributed by atoms with Gasteiger partial charge in [-0.15, -0.1) is 12.4 Å². The summed E-state index contributed by atoms with van der Waals surface area (Å²) in [6, 6.07) is 6.82. The van der Waals surface area contributed by atoms with Gasteiger partial charge >= 0.3 is 0 Å². The van der Waals surface area contributed by atoms with E-state index in [9.17, 15) is 4.79 Å². The van der Waals surface area contributed by atoms with E-state index in [1.54, 1.807) is 19.1 Å². The van der Waals surface area contributed by atoms with Crippen molar-refractivity contribution in [3.05, 3.63) is 34.9 Å². The molecule has 5 heteroatoms. The Balaban J connectivity index is 0.00000225. The number of amides is 1. The Morgan fingerprint density at radius 2 is 1.81 bits per heavy atom. The molecular weight excluding hydrogens is 247 g/mol. The van der Waals surface area contributed by atoms with Gasteiger partial charge in [0.15, 0.2) is 0 Å². The maximum atomic E-state index is 11.3. The highest BCUT2D eigenvalue weighted by molar-refractivity contribution is 6.30. The summed E-state index contributed by atoms with van der Waals surface area (Å²) < 4.78 is 0. The van der Waals surface area contributed by atoms with E-state index in [4.69, 9.17) is 17.3 Å². The van der Waals surface area contributed by atoms with Gasteiger partial charge in [0.25, 0.3) is 0 Å². The van der Waals surface area contributed by atoms with Gasteiger partial charge in [0.2, 0.25) is 5.91 Å². The van der Waals surface area contributed by atoms with E-state index in [-0.39, 0.29) is 24.4 Å². The van der Waals surface area contributed by atoms with Crippen LogP contribution in [-0.2, 0) is 4.79 Å². The zero-order valence-corrected chi connectivity index (χ0v) is 10.8. The second-order valence-electron chi connectivity index (χ2n) is 3.57. The van der Waals surface area contributed by atoms with Gasteiger partial charge in [0, 0.05) is 5.02 Å². The number of benzene rings is 1. The summed E-state index contributed by atoms with van der Waals surface area (Å²) in [5.74, 6) is -0.155. The van der Waals surface area contributed by atoms with E-state index in [1.165, 1.54) is 0 Å². The van der Waals surface area contributed by atoms with Crippen molar-refractivity contribution in [1.82, 2.24) is 5.32 Å². The lowest BCUT2D eigenvalue weighted by atomic mass is 10.1. The van der Waals surface area contributed by atoms with Crippen LogP contribution in [0, 0.1) is 0 Å². The van der Waals surface area contributed by atoms with Crippen LogP contribution in [0.2, 0.25) is 5.02 Å². The number of carbonyl (C=O) groups is 1. The fraction of sp³-hybridized carbons (Fsp3) is 0.364. The molecule has 0 saturated carbocycles. The normalized spacial score (nSPS) is 13.5. The molecule has 3 N–H and O–H groups in total. The lowest BCUT2D eigenvalue weighted by molar-refractivity contribution is -0.122. The third kappa shape index (κ3) is 4.39. The highest BCUT2D eigenvalue weighted by atomic mass is 35.5. The van der Waals surface area contributed by atoms with Crippen LogP contribution in [0.15, 0.2) is 24.3 Å². The average molecular weight is 263 g/mol. The summed E-state index contributed by atoms with van der Waals surface area (Å²) in [6.07, 6.45) is 0. The fourth-order valence-electron chi connectivity index (χ4n) is 1.18. The molecule has 1 amide bonds. The highest BCUT2D eigenvalue weighted by Crippen LogP contribution is 2.15. The van der Waals surface area contributed by atoms with Crippen LogP contribution in [0.3, 0.4) is 0 Å². The Bertz CT molecular complexity index is 338. The molecule has 0 radical (unpaired) electrons. The van der Waals surface area contributed by atoms with Crippen LogP contribution in [-0.4, -0.2) is 11.9 Å². The van der Waals surface area contributed by atoms with E-state index in [1.807, 2.05) is 19.1 Å². The number of rotatable bonds is 3. The minimum Gasteiger partial charge on any atom is -0.348 e. The van der Waals surface area contributed by atoms with Crippen LogP contribution < -0.4 is 11.1 Å². The number of nitrogens with two attached hydrogens (primary N) is 1. The lowest BCUT2D eigenvalue weighted by Crippen LogP contribution is -2.39. The van der Waals surface area contributed by atoms with Gasteiger partial charge in [-0.3, -0.25) is 4.79 Å². The summed E-state index contributed by atoms with van der Waals surface area (Å²) in [5.41, 5.74) is 6.46. The summed E-state index contributed by atoms with van der Waals surface area (Å²) in [7, 11) is 0. The minimum absolute atomic E-state index is 0. The molecule has 0 aliphatic carbocycles. The molecule has 1 aromatic rings. The first kappa shape index (κ1) is 15.2. The summed E-state index contributed by atoms with van der Waals surface area (Å²) in [6.45, 7) is 3.56. The molecule has 0 spiro atoms. The third-order valence-corrected chi connectivity index (χ3v) is 2.39. The van der Waals surface area contributed by atoms with Gasteiger partial charge in [0.1, 0.15) is 0 Å². The average Bonchev–Trinajstić information content (AvgIpc) is 2.18. The number of hydrogen-bond acceptors (Lipinski definition) is 2. The van der Waals surface area contributed by atoms with Crippen molar-refractivity contribution >= 4 is 29.9 Å². The van der Waals surface area contributed by atoms with Crippen molar-refractivity contribution in [2.45, 2.75) is 25.9 Å². The van der Waals surface area contributed by atoms with Gasteiger partial charge in [-0.2, -0.15) is 0 Å². The van der Waals surface area contributed by atoms with Gasteiger partial charge in [-0.25, -0.2) is 0 Å². The van der Waals surface area contributed by atoms with E-state index in [2.05, 4.69) is 5.32 Å². The number of nitrogens with one attached hydrogen (secondary N) is 1. The molecular formula is C11H16Cl2N2O. The molecule has 0 fully saturated rings. The second kappa shape index (κ2) is 6.74. The fourth-order valence-corrected chi connectivity index (χ4v) is 1.31. The number of hydrogen-bond donors (Lipinski definition) is 2. The van der Waals surface area contributed by atoms with Gasteiger partial charge in [-0.05, 0) is 31.5 Å². The van der Waals surface area contributed by atoms with Crippen LogP contribution in [0.25, 0.3) is 0 Å². The molecule has 0 heterocycles. The summed E-state index contributed by atoms with van der Waals surface area (Å²) in [5, 5.41) is 3.49. The van der Waals surface area contributed by atoms with Gasteiger partial charge in [0.05, 0.1) is 12.1 Å². The predicted octanol–water partition coefficient (Wildman–Crippen LogP) is 2.29. The smallest absolute Gasteiger partial charge is 0.237 e. The van der Waals surface area contributed by atoms with Crippen LogP contribution in [0.5, 0.6) is 0 Å². The van der Waals surface area contributed by atoms with Crippen molar-refractivity contribution in [2.24, 2.45) is 5.73 Å². The van der Waals surface area contributed by atoms with Crippen LogP contribution >= 0.6 is 24.0 Å². The van der Waals surface area contributed by atoms with Crippen molar-refractivity contribution in [2.75, 3.05) is 0 Å². The molecule has 1 rings (SSSR count). The Morgan fingerprint density at radius 3 is 2.25 bits per heavy atom. The van der Waals surface area contributed by atoms with Crippen molar-refractivity contribution in [3.8, 4) is 0 Å². The third-order valence-electron chi connectivity index (χ3n) is 2.14. The van der Waals surface area contributed by atoms with Gasteiger partial charge < -0.3 is 11.1 Å². The molecule has 0 aromatic heterocycles. The Morgan fingerprint density at radius 1 is 1.31 bits per heavy atom. The molecule has 3 nitrogen and oxygen atoms in total. The Kier molecular flexibility index (Phi) is 6.41. The van der Waals surface area contributed by atoms with Crippen molar-refractivity contribution in [1.29, 1.82) is 0 Å². The maximum Gasteiger partial charge on any atom is 0.237 e. The lowest BCUT2D eigenvalue weighted by Gasteiger charge is -2.15. The topological polar surface area (TPSA) is 55.1 Å². The monoisotopic (exact) mass is 262 g/mol. The molecule has 1 aromatic carbocycles. The zero-order valence-electron chi connectivity index (χ0n) is 9.24. The van der Waals surface area contributed by atoms with E-state index < -0.39 is 6.04 Å². The first-order valence-electron chi connectivity index (χ1n) is 4.82. The zero-order chi connectivity index (χ0) is 11.4. The largest absolute Gasteiger partial charge is 0.348 e. The quantitative estimate of drug-likeness (QED) is 0.879. The molecule has 0 aliphatic rings. The first-order valence-corrected chi connectivity index (χ1v) is 5.20. The molecule has 16 heavy (non-hydrogen) atoms. The van der Waals surface area contributed by atoms with Crippen molar-refractivity contribution < 1.29 is 4.79 Å². The number of carbonyl (C=O) groups excluding carboxylic acids is 1. The summed E-state index contributed by atoms with van der Waals surface area (Å²) >= 11 is 5.77. The van der Waals surface area contributed by atoms with E-state index in [0.717, 1.165) is 5.56 Å². The first-order chi connectivity index (χ1) is 7.00. The summed E-state index contributed by atoms with van der Waals surface area (Å²) in [4.78, 5) is 11.3. The molecule has 2 unspecified atom stereocenters. The molecule has 0 bridgehead atoms. The Hall–Kier alpha value is -0.770. The maximum absolute atomic E-state index is 11.3. The van der Waals surface area contributed by atoms with Gasteiger partial charge in [-0.1, -0.05) is 23.7 Å². The minimum atomic E-state index is -0.486. The molecule has 90 valence electrons.